The van der Waals surface area contributed by atoms with E-state index in [0.29, 0.717) is 6.04 Å². The van der Waals surface area contributed by atoms with Crippen molar-refractivity contribution in [1.29, 1.82) is 0 Å². The van der Waals surface area contributed by atoms with Crippen LogP contribution in [-0.2, 0) is 0 Å². The van der Waals surface area contributed by atoms with Crippen molar-refractivity contribution in [2.45, 2.75) is 32.7 Å². The average molecular weight is 170 g/mol. The van der Waals surface area contributed by atoms with Crippen LogP contribution in [0.3, 0.4) is 0 Å². The number of hydrogen-bond donors (Lipinski definition) is 1. The van der Waals surface area contributed by atoms with Gasteiger partial charge in [-0.15, -0.1) is 0 Å². The summed E-state index contributed by atoms with van der Waals surface area (Å²) in [5.41, 5.74) is 6.66. The lowest BCUT2D eigenvalue weighted by atomic mass is 10.1. The van der Waals surface area contributed by atoms with Gasteiger partial charge in [0.2, 0.25) is 0 Å². The molecule has 72 valence electrons. The van der Waals surface area contributed by atoms with Crippen molar-refractivity contribution in [2.75, 3.05) is 20.1 Å². The highest BCUT2D eigenvalue weighted by atomic mass is 15.1. The molecule has 2 heteroatoms. The van der Waals surface area contributed by atoms with Gasteiger partial charge in [-0.1, -0.05) is 12.2 Å². The molecule has 0 heterocycles. The minimum absolute atomic E-state index is 0.616. The van der Waals surface area contributed by atoms with Crippen molar-refractivity contribution in [3.05, 3.63) is 12.2 Å². The summed E-state index contributed by atoms with van der Waals surface area (Å²) in [7, 11) is 2.13. The second-order valence-electron chi connectivity index (χ2n) is 3.65. The molecule has 0 aromatic rings. The molecule has 1 unspecified atom stereocenters. The van der Waals surface area contributed by atoms with Crippen LogP contribution in [0.1, 0.15) is 26.7 Å². The summed E-state index contributed by atoms with van der Waals surface area (Å²) < 4.78 is 0. The summed E-state index contributed by atoms with van der Waals surface area (Å²) in [4.78, 5) is 2.32. The van der Waals surface area contributed by atoms with E-state index in [2.05, 4.69) is 32.4 Å². The van der Waals surface area contributed by atoms with Crippen LogP contribution in [0.5, 0.6) is 0 Å². The number of likely N-dealkylation sites (N-methyl/N-ethyl adjacent to an activating group) is 1. The van der Waals surface area contributed by atoms with E-state index < -0.39 is 0 Å². The van der Waals surface area contributed by atoms with E-state index in [1.165, 1.54) is 12.0 Å². The SMILES string of the molecule is C=C(C)CN(C)C(C)CCCN. The molecule has 0 fully saturated rings. The maximum Gasteiger partial charge on any atom is 0.0187 e. The summed E-state index contributed by atoms with van der Waals surface area (Å²) in [5.74, 6) is 0. The molecular formula is C10H22N2. The lowest BCUT2D eigenvalue weighted by Gasteiger charge is -2.24. The molecule has 0 saturated carbocycles. The highest BCUT2D eigenvalue weighted by Gasteiger charge is 2.07. The molecule has 0 rings (SSSR count). The zero-order valence-corrected chi connectivity index (χ0v) is 8.64. The normalized spacial score (nSPS) is 13.4. The number of hydrogen-bond acceptors (Lipinski definition) is 2. The minimum atomic E-state index is 0.616. The monoisotopic (exact) mass is 170 g/mol. The molecule has 0 spiro atoms. The Bertz CT molecular complexity index is 132. The molecule has 0 aliphatic rings. The molecule has 0 saturated heterocycles. The molecule has 12 heavy (non-hydrogen) atoms. The van der Waals surface area contributed by atoms with Crippen molar-refractivity contribution < 1.29 is 0 Å². The molecule has 0 aliphatic carbocycles. The van der Waals surface area contributed by atoms with Crippen molar-refractivity contribution >= 4 is 0 Å². The van der Waals surface area contributed by atoms with Crippen LogP contribution in [0.25, 0.3) is 0 Å². The van der Waals surface area contributed by atoms with Gasteiger partial charge in [0.25, 0.3) is 0 Å². The Morgan fingerprint density at radius 1 is 1.58 bits per heavy atom. The fraction of sp³-hybridized carbons (Fsp3) is 0.800. The quantitative estimate of drug-likeness (QED) is 0.614. The molecule has 0 amide bonds. The zero-order chi connectivity index (χ0) is 9.56. The van der Waals surface area contributed by atoms with Gasteiger partial charge in [-0.3, -0.25) is 4.90 Å². The van der Waals surface area contributed by atoms with Gasteiger partial charge in [0.15, 0.2) is 0 Å². The fourth-order valence-corrected chi connectivity index (χ4v) is 1.22. The Morgan fingerprint density at radius 2 is 2.17 bits per heavy atom. The standard InChI is InChI=1S/C10H22N2/c1-9(2)8-12(4)10(3)6-5-7-11/h10H,1,5-8,11H2,2-4H3. The predicted molar refractivity (Wildman–Crippen MR) is 55.2 cm³/mol. The second-order valence-corrected chi connectivity index (χ2v) is 3.65. The number of nitrogens with two attached hydrogens (primary N) is 1. The summed E-state index contributed by atoms with van der Waals surface area (Å²) in [6.45, 7) is 9.98. The minimum Gasteiger partial charge on any atom is -0.330 e. The molecule has 0 aromatic heterocycles. The third-order valence-electron chi connectivity index (χ3n) is 2.10. The van der Waals surface area contributed by atoms with Crippen molar-refractivity contribution in [3.8, 4) is 0 Å². The van der Waals surface area contributed by atoms with Crippen LogP contribution >= 0.6 is 0 Å². The summed E-state index contributed by atoms with van der Waals surface area (Å²) in [6.07, 6.45) is 2.29. The molecule has 0 radical (unpaired) electrons. The molecule has 2 N–H and O–H groups in total. The highest BCUT2D eigenvalue weighted by molar-refractivity contribution is 4.91. The second kappa shape index (κ2) is 6.21. The largest absolute Gasteiger partial charge is 0.330 e. The van der Waals surface area contributed by atoms with Gasteiger partial charge in [0.05, 0.1) is 0 Å². The van der Waals surface area contributed by atoms with E-state index in [9.17, 15) is 0 Å². The third kappa shape index (κ3) is 5.33. The Hall–Kier alpha value is -0.340. The van der Waals surface area contributed by atoms with Crippen molar-refractivity contribution in [1.82, 2.24) is 4.90 Å². The predicted octanol–water partition coefficient (Wildman–Crippen LogP) is 1.62. The number of nitrogens with zero attached hydrogens (tertiary/aromatic N) is 1. The zero-order valence-electron chi connectivity index (χ0n) is 8.64. The highest BCUT2D eigenvalue weighted by Crippen LogP contribution is 2.05. The van der Waals surface area contributed by atoms with Crippen LogP contribution in [0.4, 0.5) is 0 Å². The van der Waals surface area contributed by atoms with Crippen LogP contribution in [0.15, 0.2) is 12.2 Å². The van der Waals surface area contributed by atoms with Crippen LogP contribution in [0.2, 0.25) is 0 Å². The van der Waals surface area contributed by atoms with Gasteiger partial charge in [-0.2, -0.15) is 0 Å². The van der Waals surface area contributed by atoms with Gasteiger partial charge in [0.1, 0.15) is 0 Å². The fourth-order valence-electron chi connectivity index (χ4n) is 1.22. The summed E-state index contributed by atoms with van der Waals surface area (Å²) in [5, 5.41) is 0. The lowest BCUT2D eigenvalue weighted by Crippen LogP contribution is -2.30. The summed E-state index contributed by atoms with van der Waals surface area (Å²) >= 11 is 0. The first kappa shape index (κ1) is 11.7. The smallest absolute Gasteiger partial charge is 0.0187 e. The van der Waals surface area contributed by atoms with Gasteiger partial charge in [-0.05, 0) is 40.3 Å². The van der Waals surface area contributed by atoms with E-state index in [-0.39, 0.29) is 0 Å². The van der Waals surface area contributed by atoms with Gasteiger partial charge >= 0.3 is 0 Å². The van der Waals surface area contributed by atoms with Crippen molar-refractivity contribution in [3.63, 3.8) is 0 Å². The Balaban J connectivity index is 3.60. The molecule has 0 bridgehead atoms. The topological polar surface area (TPSA) is 29.3 Å². The van der Waals surface area contributed by atoms with Gasteiger partial charge in [-0.25, -0.2) is 0 Å². The van der Waals surface area contributed by atoms with E-state index in [1.807, 2.05) is 0 Å². The Labute approximate surface area is 76.4 Å². The van der Waals surface area contributed by atoms with E-state index in [0.717, 1.165) is 19.5 Å². The van der Waals surface area contributed by atoms with E-state index in [4.69, 9.17) is 5.73 Å². The lowest BCUT2D eigenvalue weighted by molar-refractivity contribution is 0.263. The van der Waals surface area contributed by atoms with E-state index >= 15 is 0 Å². The van der Waals surface area contributed by atoms with E-state index in [1.54, 1.807) is 0 Å². The Kier molecular flexibility index (Phi) is 6.03. The first-order chi connectivity index (χ1) is 5.57. The third-order valence-corrected chi connectivity index (χ3v) is 2.10. The number of rotatable bonds is 6. The van der Waals surface area contributed by atoms with Gasteiger partial charge in [0, 0.05) is 12.6 Å². The van der Waals surface area contributed by atoms with Crippen molar-refractivity contribution in [2.24, 2.45) is 5.73 Å². The average Bonchev–Trinajstić information content (AvgIpc) is 1.98. The molecule has 2 nitrogen and oxygen atoms in total. The first-order valence-electron chi connectivity index (χ1n) is 4.62. The molecular weight excluding hydrogens is 148 g/mol. The molecule has 0 aromatic carbocycles. The first-order valence-corrected chi connectivity index (χ1v) is 4.62. The molecule has 0 aliphatic heterocycles. The molecule has 1 atom stereocenters. The van der Waals surface area contributed by atoms with Crippen LogP contribution in [-0.4, -0.2) is 31.1 Å². The van der Waals surface area contributed by atoms with Gasteiger partial charge < -0.3 is 5.73 Å². The maximum atomic E-state index is 5.44. The maximum absolute atomic E-state index is 5.44. The Morgan fingerprint density at radius 3 is 2.58 bits per heavy atom. The van der Waals surface area contributed by atoms with Crippen LogP contribution in [0, 0.1) is 0 Å². The summed E-state index contributed by atoms with van der Waals surface area (Å²) in [6, 6.07) is 0.616. The van der Waals surface area contributed by atoms with Crippen LogP contribution < -0.4 is 5.73 Å².